The van der Waals surface area contributed by atoms with Gasteiger partial charge in [-0.1, -0.05) is 340 Å². The summed E-state index contributed by atoms with van der Waals surface area (Å²) in [5, 5.41) is 14.1. The standard InChI is InChI=1S/C70H139N2O6P/c1-6-8-10-12-14-16-18-20-22-24-26-28-30-32-33-34-35-36-37-38-40-41-43-45-47-49-51-53-55-57-59-61-63-69(73)68(67-78-79(75,76)77-66-65-72(3,4)5)71-70(74)64-62-60-58-56-54-52-50-48-46-44-42-39-31-29-27-25-23-21-19-17-15-13-11-9-7-2/h19,21,25,27,68-69,73H,6-18,20,22-24,26,28-67H2,1-5H3,(H-,71,74,75,76)/b21-19-,27-25-. The monoisotopic (exact) mass is 1140 g/mol. The van der Waals surface area contributed by atoms with Gasteiger partial charge in [0.05, 0.1) is 39.9 Å². The van der Waals surface area contributed by atoms with Crippen molar-refractivity contribution in [2.45, 2.75) is 379 Å². The fourth-order valence-corrected chi connectivity index (χ4v) is 11.7. The maximum atomic E-state index is 13.1. The second kappa shape index (κ2) is 61.5. The summed E-state index contributed by atoms with van der Waals surface area (Å²) >= 11 is 0. The number of phosphoric ester groups is 1. The lowest BCUT2D eigenvalue weighted by molar-refractivity contribution is -0.870. The van der Waals surface area contributed by atoms with E-state index in [1.165, 1.54) is 295 Å². The van der Waals surface area contributed by atoms with Crippen molar-refractivity contribution in [2.75, 3.05) is 40.9 Å². The number of phosphoric acid groups is 1. The van der Waals surface area contributed by atoms with Crippen LogP contribution in [0.5, 0.6) is 0 Å². The number of hydrogen-bond acceptors (Lipinski definition) is 6. The van der Waals surface area contributed by atoms with E-state index in [2.05, 4.69) is 43.5 Å². The molecule has 3 atom stereocenters. The van der Waals surface area contributed by atoms with Crippen LogP contribution in [0.4, 0.5) is 0 Å². The number of hydrogen-bond donors (Lipinski definition) is 2. The van der Waals surface area contributed by atoms with Gasteiger partial charge >= 0.3 is 0 Å². The van der Waals surface area contributed by atoms with Gasteiger partial charge in [-0.25, -0.2) is 0 Å². The van der Waals surface area contributed by atoms with Gasteiger partial charge in [-0.3, -0.25) is 9.36 Å². The number of nitrogens with one attached hydrogen (secondary N) is 1. The van der Waals surface area contributed by atoms with E-state index in [4.69, 9.17) is 9.05 Å². The molecule has 0 spiro atoms. The third-order valence-corrected chi connectivity index (χ3v) is 17.4. The number of likely N-dealkylation sites (N-methyl/N-ethyl adjacent to an activating group) is 1. The van der Waals surface area contributed by atoms with Crippen LogP contribution < -0.4 is 10.2 Å². The van der Waals surface area contributed by atoms with E-state index in [0.717, 1.165) is 44.9 Å². The lowest BCUT2D eigenvalue weighted by Gasteiger charge is -2.30. The van der Waals surface area contributed by atoms with E-state index < -0.39 is 20.0 Å². The fraction of sp³-hybridized carbons (Fsp3) is 0.929. The highest BCUT2D eigenvalue weighted by atomic mass is 31.2. The Morgan fingerprint density at radius 2 is 0.734 bits per heavy atom. The first-order chi connectivity index (χ1) is 38.5. The predicted octanol–water partition coefficient (Wildman–Crippen LogP) is 21.6. The van der Waals surface area contributed by atoms with Gasteiger partial charge in [0.25, 0.3) is 7.82 Å². The zero-order valence-electron chi connectivity index (χ0n) is 53.9. The zero-order chi connectivity index (χ0) is 57.7. The van der Waals surface area contributed by atoms with Crippen LogP contribution in [-0.2, 0) is 18.4 Å². The van der Waals surface area contributed by atoms with Gasteiger partial charge in [-0.2, -0.15) is 0 Å². The summed E-state index contributed by atoms with van der Waals surface area (Å²) in [5.41, 5.74) is 0. The Hall–Kier alpha value is -1.02. The van der Waals surface area contributed by atoms with Crippen LogP contribution in [0, 0.1) is 0 Å². The molecule has 0 rings (SSSR count). The van der Waals surface area contributed by atoms with Crippen molar-refractivity contribution in [3.63, 3.8) is 0 Å². The fourth-order valence-electron chi connectivity index (χ4n) is 11.0. The average Bonchev–Trinajstić information content (AvgIpc) is 3.42. The minimum atomic E-state index is -4.58. The van der Waals surface area contributed by atoms with Crippen molar-refractivity contribution < 1.29 is 32.9 Å². The van der Waals surface area contributed by atoms with Gasteiger partial charge in [0.15, 0.2) is 0 Å². The molecular formula is C70H139N2O6P. The first kappa shape index (κ1) is 78.0. The molecule has 0 aromatic heterocycles. The molecule has 0 aliphatic heterocycles. The van der Waals surface area contributed by atoms with Gasteiger partial charge in [0.2, 0.25) is 5.91 Å². The van der Waals surface area contributed by atoms with E-state index in [1.54, 1.807) is 0 Å². The summed E-state index contributed by atoms with van der Waals surface area (Å²) < 4.78 is 23.5. The normalized spacial score (nSPS) is 13.8. The molecule has 1 amide bonds. The van der Waals surface area contributed by atoms with Crippen LogP contribution in [0.15, 0.2) is 24.3 Å². The predicted molar refractivity (Wildman–Crippen MR) is 344 cm³/mol. The van der Waals surface area contributed by atoms with Crippen molar-refractivity contribution in [2.24, 2.45) is 0 Å². The third-order valence-electron chi connectivity index (χ3n) is 16.4. The van der Waals surface area contributed by atoms with E-state index >= 15 is 0 Å². The molecule has 0 fully saturated rings. The van der Waals surface area contributed by atoms with Crippen LogP contribution in [0.1, 0.15) is 367 Å². The van der Waals surface area contributed by atoms with Crippen LogP contribution in [0.2, 0.25) is 0 Å². The minimum absolute atomic E-state index is 0.0140. The van der Waals surface area contributed by atoms with Crippen molar-refractivity contribution in [3.05, 3.63) is 24.3 Å². The quantitative estimate of drug-likeness (QED) is 0.0272. The third kappa shape index (κ3) is 64.4. The number of carbonyl (C=O) groups excluding carboxylic acids is 1. The summed E-state index contributed by atoms with van der Waals surface area (Å²) in [6, 6.07) is -0.801. The molecule has 0 radical (unpaired) electrons. The second-order valence-corrected chi connectivity index (χ2v) is 27.0. The minimum Gasteiger partial charge on any atom is -0.756 e. The Morgan fingerprint density at radius 3 is 1.05 bits per heavy atom. The van der Waals surface area contributed by atoms with Crippen molar-refractivity contribution in [3.8, 4) is 0 Å². The molecule has 9 heteroatoms. The highest BCUT2D eigenvalue weighted by Crippen LogP contribution is 2.38. The number of aliphatic hydroxyl groups is 1. The number of nitrogens with zero attached hydrogens (tertiary/aromatic N) is 1. The molecule has 470 valence electrons. The van der Waals surface area contributed by atoms with Crippen LogP contribution in [0.3, 0.4) is 0 Å². The Balaban J connectivity index is 4.00. The van der Waals surface area contributed by atoms with Crippen molar-refractivity contribution in [1.29, 1.82) is 0 Å². The largest absolute Gasteiger partial charge is 0.756 e. The summed E-state index contributed by atoms with van der Waals surface area (Å²) in [7, 11) is 1.32. The Bertz CT molecular complexity index is 1340. The number of aliphatic hydroxyl groups excluding tert-OH is 1. The van der Waals surface area contributed by atoms with E-state index in [9.17, 15) is 19.4 Å². The molecule has 0 saturated heterocycles. The van der Waals surface area contributed by atoms with Gasteiger partial charge in [-0.05, 0) is 44.9 Å². The number of rotatable bonds is 66. The molecule has 3 unspecified atom stereocenters. The molecule has 0 aliphatic carbocycles. The van der Waals surface area contributed by atoms with Crippen LogP contribution in [0.25, 0.3) is 0 Å². The Labute approximate surface area is 494 Å². The van der Waals surface area contributed by atoms with Gasteiger partial charge in [-0.15, -0.1) is 0 Å². The topological polar surface area (TPSA) is 108 Å². The van der Waals surface area contributed by atoms with Gasteiger partial charge < -0.3 is 28.8 Å². The number of allylic oxidation sites excluding steroid dienone is 4. The molecule has 0 saturated carbocycles. The molecule has 0 bridgehead atoms. The average molecular weight is 1140 g/mol. The molecule has 8 nitrogen and oxygen atoms in total. The first-order valence-corrected chi connectivity index (χ1v) is 36.6. The zero-order valence-corrected chi connectivity index (χ0v) is 54.8. The molecule has 2 N–H and O–H groups in total. The summed E-state index contributed by atoms with van der Waals surface area (Å²) in [4.78, 5) is 25.7. The molecule has 0 aliphatic rings. The van der Waals surface area contributed by atoms with E-state index in [1.807, 2.05) is 21.1 Å². The highest BCUT2D eigenvalue weighted by molar-refractivity contribution is 7.45. The molecule has 0 heterocycles. The lowest BCUT2D eigenvalue weighted by atomic mass is 10.0. The molecule has 0 aromatic rings. The molecule has 0 aromatic carbocycles. The number of carbonyl (C=O) groups is 1. The van der Waals surface area contributed by atoms with Gasteiger partial charge in [0, 0.05) is 6.42 Å². The maximum Gasteiger partial charge on any atom is 0.268 e. The Morgan fingerprint density at radius 1 is 0.443 bits per heavy atom. The van der Waals surface area contributed by atoms with Crippen LogP contribution in [-0.4, -0.2) is 68.5 Å². The molecule has 79 heavy (non-hydrogen) atoms. The number of unbranched alkanes of at least 4 members (excludes halogenated alkanes) is 49. The number of amides is 1. The van der Waals surface area contributed by atoms with Crippen LogP contribution >= 0.6 is 7.82 Å². The van der Waals surface area contributed by atoms with E-state index in [-0.39, 0.29) is 19.1 Å². The SMILES string of the molecule is CCCCCCC/C=C\C/C=C\CCCCCCCCCCCCCCCC(=O)NC(COP(=O)([O-])OCC[N+](C)(C)C)C(O)CCCCCCCCCCCCCCCCCCCCCCCCCCCCCCCCCC. The van der Waals surface area contributed by atoms with Gasteiger partial charge in [0.1, 0.15) is 13.2 Å². The molecular weight excluding hydrogens is 996 g/mol. The second-order valence-electron chi connectivity index (χ2n) is 25.6. The summed E-state index contributed by atoms with van der Waals surface area (Å²) in [6.07, 6.45) is 79.7. The Kier molecular flexibility index (Phi) is 60.7. The number of quaternary nitrogens is 1. The first-order valence-electron chi connectivity index (χ1n) is 35.2. The van der Waals surface area contributed by atoms with Crippen molar-refractivity contribution in [1.82, 2.24) is 5.32 Å². The highest BCUT2D eigenvalue weighted by Gasteiger charge is 2.24. The smallest absolute Gasteiger partial charge is 0.268 e. The lowest BCUT2D eigenvalue weighted by Crippen LogP contribution is -2.46. The summed E-state index contributed by atoms with van der Waals surface area (Å²) in [6.45, 7) is 4.77. The summed E-state index contributed by atoms with van der Waals surface area (Å²) in [5.74, 6) is -0.159. The van der Waals surface area contributed by atoms with E-state index in [0.29, 0.717) is 23.9 Å². The van der Waals surface area contributed by atoms with Crippen molar-refractivity contribution >= 4 is 13.7 Å². The maximum absolute atomic E-state index is 13.1.